The lowest BCUT2D eigenvalue weighted by atomic mass is 9.90. The van der Waals surface area contributed by atoms with E-state index in [1.165, 1.54) is 16.3 Å². The van der Waals surface area contributed by atoms with Gasteiger partial charge in [0.25, 0.3) is 0 Å². The van der Waals surface area contributed by atoms with Crippen LogP contribution >= 0.6 is 0 Å². The maximum absolute atomic E-state index is 6.19. The van der Waals surface area contributed by atoms with Crippen molar-refractivity contribution in [1.82, 2.24) is 15.0 Å². The summed E-state index contributed by atoms with van der Waals surface area (Å²) in [5.41, 5.74) is 9.46. The van der Waals surface area contributed by atoms with Crippen molar-refractivity contribution in [1.29, 1.82) is 0 Å². The van der Waals surface area contributed by atoms with E-state index in [9.17, 15) is 0 Å². The molecule has 0 saturated carbocycles. The van der Waals surface area contributed by atoms with Crippen LogP contribution in [0.15, 0.2) is 167 Å². The molecule has 1 aliphatic rings. The van der Waals surface area contributed by atoms with Crippen LogP contribution in [0.3, 0.4) is 0 Å². The van der Waals surface area contributed by atoms with Gasteiger partial charge in [-0.1, -0.05) is 91.0 Å². The Hall–Kier alpha value is -7.31. The van der Waals surface area contributed by atoms with Gasteiger partial charge in [-0.05, 0) is 88.5 Å². The number of aromatic nitrogens is 3. The first-order chi connectivity index (χ1) is 26.2. The van der Waals surface area contributed by atoms with E-state index in [1.54, 1.807) is 0 Å². The minimum Gasteiger partial charge on any atom is -0.456 e. The third-order valence-electron chi connectivity index (χ3n) is 10.6. The number of benzene rings is 8. The minimum absolute atomic E-state index is 0.540. The molecular formula is C47H26N4O2. The fourth-order valence-electron chi connectivity index (χ4n) is 8.16. The molecule has 12 rings (SSSR count). The van der Waals surface area contributed by atoms with E-state index in [0.29, 0.717) is 17.6 Å². The molecule has 1 aliphatic heterocycles. The average molecular weight is 679 g/mol. The van der Waals surface area contributed by atoms with E-state index in [4.69, 9.17) is 23.8 Å². The van der Waals surface area contributed by atoms with Gasteiger partial charge >= 0.3 is 0 Å². The molecule has 0 atom stereocenters. The molecule has 3 aromatic heterocycles. The zero-order valence-electron chi connectivity index (χ0n) is 28.1. The molecule has 6 heteroatoms. The second kappa shape index (κ2) is 10.6. The molecule has 6 nitrogen and oxygen atoms in total. The summed E-state index contributed by atoms with van der Waals surface area (Å²) in [4.78, 5) is 18.1. The van der Waals surface area contributed by atoms with Gasteiger partial charge in [0.15, 0.2) is 11.6 Å². The average Bonchev–Trinajstić information content (AvgIpc) is 3.78. The highest BCUT2D eigenvalue weighted by atomic mass is 16.3. The maximum Gasteiger partial charge on any atom is 0.238 e. The Kier molecular flexibility index (Phi) is 5.68. The van der Waals surface area contributed by atoms with Crippen molar-refractivity contribution in [3.8, 4) is 33.9 Å². The van der Waals surface area contributed by atoms with Crippen LogP contribution in [-0.4, -0.2) is 15.0 Å². The summed E-state index contributed by atoms with van der Waals surface area (Å²) < 4.78 is 12.4. The standard InChI is InChI=1S/C47H26N4O2/c1-2-10-29-26-39-35(23-28(29)9-1)34-15-7-11-27-12-8-16-38(44(27)34)51(39)47-49-45(30-19-21-42-36(24-30)32-13-3-5-17-40(32)52-42)48-46(50-47)31-20-22-43-37(25-31)33-14-4-6-18-41(33)53-43/h1-26H. The van der Waals surface area contributed by atoms with Gasteiger partial charge in [-0.3, -0.25) is 4.90 Å². The van der Waals surface area contributed by atoms with Crippen molar-refractivity contribution < 1.29 is 8.83 Å². The van der Waals surface area contributed by atoms with Crippen LogP contribution in [0.4, 0.5) is 17.3 Å². The van der Waals surface area contributed by atoms with Crippen LogP contribution in [0, 0.1) is 0 Å². The number of anilines is 3. The summed E-state index contributed by atoms with van der Waals surface area (Å²) in [7, 11) is 0. The quantitative estimate of drug-likeness (QED) is 0.185. The summed E-state index contributed by atoms with van der Waals surface area (Å²) in [6.07, 6.45) is 0. The first-order valence-corrected chi connectivity index (χ1v) is 17.7. The normalized spacial score (nSPS) is 12.5. The lowest BCUT2D eigenvalue weighted by Crippen LogP contribution is -2.18. The molecule has 0 unspecified atom stereocenters. The molecule has 0 spiro atoms. The first kappa shape index (κ1) is 28.4. The molecule has 11 aromatic rings. The van der Waals surface area contributed by atoms with Crippen molar-refractivity contribution >= 4 is 82.7 Å². The number of fused-ring (bicyclic) bond motifs is 9. The van der Waals surface area contributed by atoms with E-state index in [-0.39, 0.29) is 0 Å². The largest absolute Gasteiger partial charge is 0.456 e. The molecule has 246 valence electrons. The monoisotopic (exact) mass is 678 g/mol. The van der Waals surface area contributed by atoms with Gasteiger partial charge in [0.1, 0.15) is 22.3 Å². The fraction of sp³-hybridized carbons (Fsp3) is 0. The zero-order chi connectivity index (χ0) is 34.6. The van der Waals surface area contributed by atoms with Crippen LogP contribution in [0.25, 0.3) is 99.3 Å². The minimum atomic E-state index is 0.540. The molecule has 0 bridgehead atoms. The lowest BCUT2D eigenvalue weighted by molar-refractivity contribution is 0.668. The SMILES string of the molecule is c1ccc2cc3c(cc2c1)-c1cccc2cccc(c12)N3c1nc(-c2ccc3oc4ccccc4c3c2)nc(-c2ccc3oc4ccccc4c3c2)n1. The van der Waals surface area contributed by atoms with Crippen molar-refractivity contribution in [2.75, 3.05) is 4.90 Å². The summed E-state index contributed by atoms with van der Waals surface area (Å²) in [6.45, 7) is 0. The highest BCUT2D eigenvalue weighted by Crippen LogP contribution is 2.51. The molecule has 4 heterocycles. The van der Waals surface area contributed by atoms with Crippen LogP contribution in [-0.2, 0) is 0 Å². The van der Waals surface area contributed by atoms with Crippen LogP contribution < -0.4 is 4.90 Å². The zero-order valence-corrected chi connectivity index (χ0v) is 28.1. The van der Waals surface area contributed by atoms with Crippen LogP contribution in [0.1, 0.15) is 0 Å². The van der Waals surface area contributed by atoms with Crippen molar-refractivity contribution in [2.24, 2.45) is 0 Å². The number of para-hydroxylation sites is 2. The Labute approximate surface area is 302 Å². The number of rotatable bonds is 3. The molecule has 53 heavy (non-hydrogen) atoms. The molecule has 0 saturated heterocycles. The van der Waals surface area contributed by atoms with Gasteiger partial charge in [0.2, 0.25) is 5.95 Å². The van der Waals surface area contributed by atoms with Gasteiger partial charge < -0.3 is 8.83 Å². The van der Waals surface area contributed by atoms with Gasteiger partial charge in [-0.25, -0.2) is 4.98 Å². The maximum atomic E-state index is 6.19. The number of furan rings is 2. The highest BCUT2D eigenvalue weighted by Gasteiger charge is 2.29. The van der Waals surface area contributed by atoms with Gasteiger partial charge in [0, 0.05) is 43.6 Å². The molecule has 0 amide bonds. The van der Waals surface area contributed by atoms with Gasteiger partial charge in [-0.15, -0.1) is 0 Å². The van der Waals surface area contributed by atoms with E-state index in [1.807, 2.05) is 60.7 Å². The molecular weight excluding hydrogens is 653 g/mol. The van der Waals surface area contributed by atoms with Crippen molar-refractivity contribution in [3.63, 3.8) is 0 Å². The third kappa shape index (κ3) is 4.17. The van der Waals surface area contributed by atoms with Crippen molar-refractivity contribution in [3.05, 3.63) is 158 Å². The van der Waals surface area contributed by atoms with Gasteiger partial charge in [0.05, 0.1) is 11.4 Å². The van der Waals surface area contributed by atoms with Crippen LogP contribution in [0.2, 0.25) is 0 Å². The van der Waals surface area contributed by atoms with Gasteiger partial charge in [-0.2, -0.15) is 9.97 Å². The summed E-state index contributed by atoms with van der Waals surface area (Å²) >= 11 is 0. The molecule has 0 fully saturated rings. The van der Waals surface area contributed by atoms with E-state index in [0.717, 1.165) is 82.7 Å². The van der Waals surface area contributed by atoms with E-state index in [2.05, 4.69) is 102 Å². The van der Waals surface area contributed by atoms with E-state index >= 15 is 0 Å². The Morgan fingerprint density at radius 2 is 0.925 bits per heavy atom. The number of hydrogen-bond acceptors (Lipinski definition) is 6. The van der Waals surface area contributed by atoms with Crippen molar-refractivity contribution in [2.45, 2.75) is 0 Å². The second-order valence-electron chi connectivity index (χ2n) is 13.6. The topological polar surface area (TPSA) is 68.2 Å². The molecule has 8 aromatic carbocycles. The molecule has 0 aliphatic carbocycles. The summed E-state index contributed by atoms with van der Waals surface area (Å²) in [5, 5.41) is 8.79. The lowest BCUT2D eigenvalue weighted by Gasteiger charge is -2.32. The highest BCUT2D eigenvalue weighted by molar-refractivity contribution is 6.15. The molecule has 0 N–H and O–H groups in total. The third-order valence-corrected chi connectivity index (χ3v) is 10.6. The smallest absolute Gasteiger partial charge is 0.238 e. The first-order valence-electron chi connectivity index (χ1n) is 17.7. The second-order valence-corrected chi connectivity index (χ2v) is 13.6. The Bertz CT molecular complexity index is 3180. The molecule has 0 radical (unpaired) electrons. The summed E-state index contributed by atoms with van der Waals surface area (Å²) in [6, 6.07) is 54.6. The Balaban J connectivity index is 1.15. The van der Waals surface area contributed by atoms with E-state index < -0.39 is 0 Å². The van der Waals surface area contributed by atoms with Crippen LogP contribution in [0.5, 0.6) is 0 Å². The fourth-order valence-corrected chi connectivity index (χ4v) is 8.16. The number of nitrogens with zero attached hydrogens (tertiary/aromatic N) is 4. The predicted octanol–water partition coefficient (Wildman–Crippen LogP) is 12.8. The Morgan fingerprint density at radius 1 is 0.377 bits per heavy atom. The predicted molar refractivity (Wildman–Crippen MR) is 214 cm³/mol. The summed E-state index contributed by atoms with van der Waals surface area (Å²) in [5.74, 6) is 1.68. The number of hydrogen-bond donors (Lipinski definition) is 0. The Morgan fingerprint density at radius 3 is 1.58 bits per heavy atom.